The summed E-state index contributed by atoms with van der Waals surface area (Å²) in [5, 5.41) is 14.0. The normalized spacial score (nSPS) is 25.4. The van der Waals surface area contributed by atoms with Crippen LogP contribution < -0.4 is 0 Å². The summed E-state index contributed by atoms with van der Waals surface area (Å²) in [6.45, 7) is 0.706. The van der Waals surface area contributed by atoms with Crippen molar-refractivity contribution in [3.63, 3.8) is 0 Å². The zero-order valence-corrected chi connectivity index (χ0v) is 15.1. The van der Waals surface area contributed by atoms with Gasteiger partial charge in [0.1, 0.15) is 0 Å². The Kier molecular flexibility index (Phi) is 12.8. The Balaban J connectivity index is 0. The van der Waals surface area contributed by atoms with Crippen LogP contribution in [0.3, 0.4) is 0 Å². The number of rotatable bonds is 1. The van der Waals surface area contributed by atoms with Gasteiger partial charge in [0.2, 0.25) is 0 Å². The summed E-state index contributed by atoms with van der Waals surface area (Å²) in [6.07, 6.45) is 1.81. The zero-order valence-electron chi connectivity index (χ0n) is 12.7. The van der Waals surface area contributed by atoms with Gasteiger partial charge in [-0.3, -0.25) is 0 Å². The van der Waals surface area contributed by atoms with Crippen molar-refractivity contribution in [2.45, 2.75) is 25.2 Å². The van der Waals surface area contributed by atoms with E-state index in [9.17, 15) is 22.0 Å². The summed E-state index contributed by atoms with van der Waals surface area (Å²) in [6, 6.07) is 0. The monoisotopic (exact) mass is 392 g/mol. The molecule has 0 saturated carbocycles. The van der Waals surface area contributed by atoms with Crippen molar-refractivity contribution in [2.24, 2.45) is 0 Å². The average Bonchev–Trinajstić information content (AvgIpc) is 3.11. The Bertz CT molecular complexity index is 515. The SMILES string of the molecule is CC1(F)C(C2=CC=CC2)=C(F)C(F)=C(F)C1F.CO.CO.[S]=[Ti]. The molecule has 0 aromatic carbocycles. The van der Waals surface area contributed by atoms with Crippen LogP contribution in [0.4, 0.5) is 22.0 Å². The molecule has 0 saturated heterocycles. The number of aliphatic hydroxyl groups is 2. The Morgan fingerprint density at radius 2 is 1.61 bits per heavy atom. The third kappa shape index (κ3) is 5.50. The van der Waals surface area contributed by atoms with E-state index in [0.29, 0.717) is 6.92 Å². The van der Waals surface area contributed by atoms with Crippen LogP contribution >= 0.6 is 9.70 Å². The van der Waals surface area contributed by atoms with Crippen molar-refractivity contribution in [1.29, 1.82) is 0 Å². The van der Waals surface area contributed by atoms with E-state index in [1.807, 2.05) is 0 Å². The molecule has 0 amide bonds. The second-order valence-corrected chi connectivity index (χ2v) is 4.11. The first-order chi connectivity index (χ1) is 10.9. The maximum atomic E-state index is 14.1. The molecule has 0 heterocycles. The van der Waals surface area contributed by atoms with Gasteiger partial charge in [-0.2, -0.15) is 0 Å². The van der Waals surface area contributed by atoms with Crippen LogP contribution in [0.2, 0.25) is 0 Å². The van der Waals surface area contributed by atoms with Crippen LogP contribution in [0.5, 0.6) is 0 Å². The molecule has 2 rings (SSSR count). The number of aliphatic hydroxyl groups excluding tert-OH is 2. The topological polar surface area (TPSA) is 40.5 Å². The molecule has 0 radical (unpaired) electrons. The van der Waals surface area contributed by atoms with Crippen LogP contribution in [-0.4, -0.2) is 36.3 Å². The van der Waals surface area contributed by atoms with Gasteiger partial charge in [0.05, 0.1) is 0 Å². The molecule has 0 bridgehead atoms. The van der Waals surface area contributed by atoms with Crippen molar-refractivity contribution < 1.29 is 50.8 Å². The van der Waals surface area contributed by atoms with E-state index in [1.165, 1.54) is 12.2 Å². The summed E-state index contributed by atoms with van der Waals surface area (Å²) < 4.78 is 67.0. The molecule has 0 spiro atoms. The molecule has 9 heteroatoms. The predicted octanol–water partition coefficient (Wildman–Crippen LogP) is 4.19. The molecule has 2 aliphatic rings. The van der Waals surface area contributed by atoms with E-state index in [-0.39, 0.29) is 12.0 Å². The first-order valence-corrected chi connectivity index (χ1v) is 8.44. The zero-order chi connectivity index (χ0) is 18.8. The first-order valence-electron chi connectivity index (χ1n) is 6.12. The van der Waals surface area contributed by atoms with Gasteiger partial charge in [-0.15, -0.1) is 0 Å². The van der Waals surface area contributed by atoms with E-state index < -0.39 is 34.9 Å². The molecular weight excluding hydrogens is 375 g/mol. The molecule has 0 aliphatic heterocycles. The molecule has 130 valence electrons. The Hall–Kier alpha value is -0.536. The third-order valence-corrected chi connectivity index (χ3v) is 2.90. The van der Waals surface area contributed by atoms with E-state index >= 15 is 0 Å². The van der Waals surface area contributed by atoms with E-state index in [0.717, 1.165) is 14.2 Å². The van der Waals surface area contributed by atoms with Gasteiger partial charge >= 0.3 is 28.3 Å². The summed E-state index contributed by atoms with van der Waals surface area (Å²) >= 11 is 1.58. The van der Waals surface area contributed by atoms with Gasteiger partial charge in [0.15, 0.2) is 29.3 Å². The molecular formula is C14H17F5O2STi. The Labute approximate surface area is 146 Å². The summed E-state index contributed by atoms with van der Waals surface area (Å²) in [5.74, 6) is -5.63. The van der Waals surface area contributed by atoms with Crippen molar-refractivity contribution in [3.05, 3.63) is 46.9 Å². The number of hydrogen-bond donors (Lipinski definition) is 2. The molecule has 2 N–H and O–H groups in total. The quantitative estimate of drug-likeness (QED) is 0.520. The Morgan fingerprint density at radius 3 is 2.00 bits per heavy atom. The fraction of sp³-hybridized carbons (Fsp3) is 0.429. The van der Waals surface area contributed by atoms with Gasteiger partial charge in [-0.05, 0) is 18.9 Å². The number of alkyl halides is 2. The number of hydrogen-bond acceptors (Lipinski definition) is 3. The van der Waals surface area contributed by atoms with Crippen LogP contribution in [-0.2, 0) is 18.6 Å². The van der Waals surface area contributed by atoms with Gasteiger partial charge < -0.3 is 10.2 Å². The molecule has 0 fully saturated rings. The fourth-order valence-corrected chi connectivity index (χ4v) is 1.99. The van der Waals surface area contributed by atoms with Gasteiger partial charge in [-0.25, -0.2) is 22.0 Å². The van der Waals surface area contributed by atoms with Crippen LogP contribution in [0.1, 0.15) is 13.3 Å². The van der Waals surface area contributed by atoms with E-state index in [1.54, 1.807) is 24.7 Å². The molecule has 0 aromatic rings. The van der Waals surface area contributed by atoms with Crippen LogP contribution in [0.25, 0.3) is 0 Å². The summed E-state index contributed by atoms with van der Waals surface area (Å²) in [5.41, 5.74) is -3.52. The van der Waals surface area contributed by atoms with Crippen molar-refractivity contribution in [2.75, 3.05) is 14.2 Å². The second-order valence-electron chi connectivity index (χ2n) is 4.11. The third-order valence-electron chi connectivity index (χ3n) is 2.90. The van der Waals surface area contributed by atoms with Crippen molar-refractivity contribution in [3.8, 4) is 0 Å². The van der Waals surface area contributed by atoms with Crippen LogP contribution in [0, 0.1) is 0 Å². The second kappa shape index (κ2) is 11.9. The van der Waals surface area contributed by atoms with Gasteiger partial charge in [0, 0.05) is 19.8 Å². The van der Waals surface area contributed by atoms with Crippen molar-refractivity contribution in [1.82, 2.24) is 0 Å². The molecule has 2 aliphatic carbocycles. The predicted molar refractivity (Wildman–Crippen MR) is 77.5 cm³/mol. The number of allylic oxidation sites excluding steroid dienone is 8. The molecule has 2 nitrogen and oxygen atoms in total. The minimum atomic E-state index is -2.90. The Morgan fingerprint density at radius 1 is 1.13 bits per heavy atom. The fourth-order valence-electron chi connectivity index (χ4n) is 1.99. The maximum absolute atomic E-state index is 14.1. The standard InChI is InChI=1S/C12H9F5.2CH4O.S.Ti/c1-12(17)7(6-4-2-3-5-6)8(13)9(14)10(15)11(12)16;2*1-2;;/h2-4,11H,5H2,1H3;2*2H,1H3;;. The number of halogens is 5. The molecule has 2 atom stereocenters. The van der Waals surface area contributed by atoms with E-state index in [4.69, 9.17) is 10.2 Å². The van der Waals surface area contributed by atoms with Crippen molar-refractivity contribution >= 4 is 9.70 Å². The summed E-state index contributed by atoms with van der Waals surface area (Å²) in [7, 11) is 6.08. The summed E-state index contributed by atoms with van der Waals surface area (Å²) in [4.78, 5) is 0. The first kappa shape index (κ1) is 24.7. The van der Waals surface area contributed by atoms with Crippen LogP contribution in [0.15, 0.2) is 46.9 Å². The van der Waals surface area contributed by atoms with Gasteiger partial charge in [-0.1, -0.05) is 18.2 Å². The molecule has 2 unspecified atom stereocenters. The minimum absolute atomic E-state index is 0.123. The average molecular weight is 392 g/mol. The molecule has 0 aromatic heterocycles. The van der Waals surface area contributed by atoms with E-state index in [2.05, 4.69) is 9.70 Å². The van der Waals surface area contributed by atoms with Gasteiger partial charge in [0.25, 0.3) is 0 Å². The molecule has 23 heavy (non-hydrogen) atoms.